The molecule has 0 amide bonds. The van der Waals surface area contributed by atoms with Crippen LogP contribution in [0.15, 0.2) is 95.7 Å². The van der Waals surface area contributed by atoms with E-state index in [1.165, 1.54) is 27.9 Å². The number of hydrogen-bond donors (Lipinski definition) is 0. The number of hydrogen-bond acceptors (Lipinski definition) is 0. The highest BCUT2D eigenvalue weighted by Gasteiger charge is 2.26. The zero-order chi connectivity index (χ0) is 12.7. The molecule has 0 aliphatic heterocycles. The van der Waals surface area contributed by atoms with Gasteiger partial charge in [0.1, 0.15) is 0 Å². The van der Waals surface area contributed by atoms with Crippen molar-refractivity contribution in [1.82, 2.24) is 0 Å². The van der Waals surface area contributed by atoms with E-state index in [4.69, 9.17) is 0 Å². The van der Waals surface area contributed by atoms with Gasteiger partial charge in [-0.15, -0.1) is 0 Å². The molecule has 3 aliphatic rings. The van der Waals surface area contributed by atoms with Gasteiger partial charge in [-0.05, 0) is 27.9 Å². The first-order chi connectivity index (χ1) is 9.42. The SMILES string of the molecule is C1=CC2=CC=CC3=CC(c4ccccc4)=CC(=C1)[C@H]23. The molecule has 0 unspecified atom stereocenters. The maximum atomic E-state index is 2.32. The molecule has 0 nitrogen and oxygen atoms in total. The van der Waals surface area contributed by atoms with Crippen LogP contribution in [-0.4, -0.2) is 0 Å². The van der Waals surface area contributed by atoms with Gasteiger partial charge in [0.2, 0.25) is 0 Å². The van der Waals surface area contributed by atoms with Gasteiger partial charge in [0, 0.05) is 5.92 Å². The lowest BCUT2D eigenvalue weighted by Crippen LogP contribution is -2.15. The molecule has 0 radical (unpaired) electrons. The lowest BCUT2D eigenvalue weighted by Gasteiger charge is -2.30. The average Bonchev–Trinajstić information content (AvgIpc) is 2.49. The van der Waals surface area contributed by atoms with Crippen LogP contribution in [0.25, 0.3) is 5.57 Å². The predicted octanol–water partition coefficient (Wildman–Crippen LogP) is 4.62. The van der Waals surface area contributed by atoms with Crippen molar-refractivity contribution in [3.63, 3.8) is 0 Å². The van der Waals surface area contributed by atoms with Crippen molar-refractivity contribution in [3.05, 3.63) is 101 Å². The van der Waals surface area contributed by atoms with Crippen molar-refractivity contribution in [1.29, 1.82) is 0 Å². The fourth-order valence-corrected chi connectivity index (χ4v) is 3.02. The summed E-state index contributed by atoms with van der Waals surface area (Å²) in [5, 5.41) is 0. The van der Waals surface area contributed by atoms with E-state index >= 15 is 0 Å². The first-order valence-electron chi connectivity index (χ1n) is 6.67. The normalized spacial score (nSPS) is 23.1. The standard InChI is InChI=1S/C19H14/c1-2-6-14(7-3-1)18-12-16-10-4-8-15-9-5-11-17(13-18)19(15)16/h1-13,19H. The zero-order valence-electron chi connectivity index (χ0n) is 10.6. The minimum absolute atomic E-state index is 0.447. The molecule has 0 saturated carbocycles. The molecule has 0 fully saturated rings. The first kappa shape index (κ1) is 10.6. The van der Waals surface area contributed by atoms with Crippen molar-refractivity contribution in [2.75, 3.05) is 0 Å². The Bertz CT molecular complexity index is 702. The summed E-state index contributed by atoms with van der Waals surface area (Å²) in [5.41, 5.74) is 6.78. The summed E-state index contributed by atoms with van der Waals surface area (Å²) in [7, 11) is 0. The summed E-state index contributed by atoms with van der Waals surface area (Å²) >= 11 is 0. The van der Waals surface area contributed by atoms with Crippen molar-refractivity contribution >= 4 is 5.57 Å². The molecule has 0 bridgehead atoms. The zero-order valence-corrected chi connectivity index (χ0v) is 10.6. The van der Waals surface area contributed by atoms with E-state index in [0.717, 1.165) is 0 Å². The fraction of sp³-hybridized carbons (Fsp3) is 0.0526. The van der Waals surface area contributed by atoms with Gasteiger partial charge in [0.15, 0.2) is 0 Å². The van der Waals surface area contributed by atoms with Gasteiger partial charge >= 0.3 is 0 Å². The molecule has 1 aromatic carbocycles. The van der Waals surface area contributed by atoms with Crippen molar-refractivity contribution in [2.45, 2.75) is 0 Å². The summed E-state index contributed by atoms with van der Waals surface area (Å²) in [5.74, 6) is 0.447. The number of benzene rings is 1. The maximum absolute atomic E-state index is 2.32. The molecular formula is C19H14. The first-order valence-corrected chi connectivity index (χ1v) is 6.67. The summed E-state index contributed by atoms with van der Waals surface area (Å²) in [6.45, 7) is 0. The summed E-state index contributed by atoms with van der Waals surface area (Å²) in [6, 6.07) is 10.6. The molecule has 19 heavy (non-hydrogen) atoms. The Hall–Kier alpha value is -2.34. The summed E-state index contributed by atoms with van der Waals surface area (Å²) in [6.07, 6.45) is 17.8. The van der Waals surface area contributed by atoms with Crippen LogP contribution in [0.2, 0.25) is 0 Å². The van der Waals surface area contributed by atoms with Crippen molar-refractivity contribution in [3.8, 4) is 0 Å². The third-order valence-electron chi connectivity index (χ3n) is 3.91. The highest BCUT2D eigenvalue weighted by atomic mass is 14.3. The van der Waals surface area contributed by atoms with Gasteiger partial charge in [0.25, 0.3) is 0 Å². The van der Waals surface area contributed by atoms with Crippen LogP contribution in [0.4, 0.5) is 0 Å². The van der Waals surface area contributed by atoms with E-state index in [2.05, 4.69) is 78.9 Å². The molecule has 3 aliphatic carbocycles. The maximum Gasteiger partial charge on any atom is 0.0340 e. The third-order valence-corrected chi connectivity index (χ3v) is 3.91. The Kier molecular flexibility index (Phi) is 2.28. The number of allylic oxidation sites excluding steroid dienone is 12. The molecule has 4 rings (SSSR count). The van der Waals surface area contributed by atoms with Crippen LogP contribution in [-0.2, 0) is 0 Å². The Labute approximate surface area is 113 Å². The topological polar surface area (TPSA) is 0 Å². The Morgan fingerprint density at radius 1 is 0.684 bits per heavy atom. The molecule has 1 atom stereocenters. The van der Waals surface area contributed by atoms with Crippen molar-refractivity contribution in [2.24, 2.45) is 5.92 Å². The van der Waals surface area contributed by atoms with E-state index in [1.807, 2.05) is 0 Å². The molecule has 1 aromatic rings. The molecule has 0 saturated heterocycles. The smallest absolute Gasteiger partial charge is 0.0340 e. The second-order valence-electron chi connectivity index (χ2n) is 5.09. The van der Waals surface area contributed by atoms with E-state index in [0.29, 0.717) is 5.92 Å². The molecule has 0 N–H and O–H groups in total. The van der Waals surface area contributed by atoms with E-state index in [-0.39, 0.29) is 0 Å². The van der Waals surface area contributed by atoms with Gasteiger partial charge in [-0.1, -0.05) is 78.9 Å². The van der Waals surface area contributed by atoms with Gasteiger partial charge in [-0.3, -0.25) is 0 Å². The van der Waals surface area contributed by atoms with Crippen LogP contribution in [0.1, 0.15) is 5.56 Å². The largest absolute Gasteiger partial charge is 0.0622 e. The number of rotatable bonds is 1. The summed E-state index contributed by atoms with van der Waals surface area (Å²) < 4.78 is 0. The minimum Gasteiger partial charge on any atom is -0.0622 e. The highest BCUT2D eigenvalue weighted by molar-refractivity contribution is 5.81. The molecule has 0 spiro atoms. The van der Waals surface area contributed by atoms with Crippen LogP contribution < -0.4 is 0 Å². The van der Waals surface area contributed by atoms with Gasteiger partial charge in [0.05, 0.1) is 0 Å². The molecule has 0 heterocycles. The van der Waals surface area contributed by atoms with Crippen LogP contribution >= 0.6 is 0 Å². The highest BCUT2D eigenvalue weighted by Crippen LogP contribution is 2.41. The van der Waals surface area contributed by atoms with E-state index < -0.39 is 0 Å². The Morgan fingerprint density at radius 3 is 2.26 bits per heavy atom. The minimum atomic E-state index is 0.447. The van der Waals surface area contributed by atoms with Gasteiger partial charge in [-0.25, -0.2) is 0 Å². The fourth-order valence-electron chi connectivity index (χ4n) is 3.02. The monoisotopic (exact) mass is 242 g/mol. The van der Waals surface area contributed by atoms with Gasteiger partial charge in [-0.2, -0.15) is 0 Å². The predicted molar refractivity (Wildman–Crippen MR) is 80.4 cm³/mol. The molecule has 90 valence electrons. The van der Waals surface area contributed by atoms with Crippen molar-refractivity contribution < 1.29 is 0 Å². The van der Waals surface area contributed by atoms with Crippen LogP contribution in [0.3, 0.4) is 0 Å². The molecule has 0 heteroatoms. The lowest BCUT2D eigenvalue weighted by molar-refractivity contribution is 0.880. The quantitative estimate of drug-likeness (QED) is 0.674. The average molecular weight is 242 g/mol. The molecular weight excluding hydrogens is 228 g/mol. The van der Waals surface area contributed by atoms with Gasteiger partial charge < -0.3 is 0 Å². The lowest BCUT2D eigenvalue weighted by atomic mass is 9.74. The van der Waals surface area contributed by atoms with E-state index in [9.17, 15) is 0 Å². The Balaban J connectivity index is 1.87. The summed E-state index contributed by atoms with van der Waals surface area (Å²) in [4.78, 5) is 0. The second-order valence-corrected chi connectivity index (χ2v) is 5.09. The Morgan fingerprint density at radius 2 is 1.42 bits per heavy atom. The second kappa shape index (κ2) is 4.10. The van der Waals surface area contributed by atoms with Crippen LogP contribution in [0, 0.1) is 5.92 Å². The van der Waals surface area contributed by atoms with E-state index in [1.54, 1.807) is 0 Å². The van der Waals surface area contributed by atoms with Crippen LogP contribution in [0.5, 0.6) is 0 Å². The molecule has 0 aromatic heterocycles. The third kappa shape index (κ3) is 1.68.